The van der Waals surface area contributed by atoms with Crippen molar-refractivity contribution in [2.24, 2.45) is 58.1 Å². The first-order chi connectivity index (χ1) is 37.1. The van der Waals surface area contributed by atoms with E-state index in [1.165, 1.54) is 12.2 Å². The number of cyclic esters (lactones) is 1. The lowest BCUT2D eigenvalue weighted by atomic mass is 9.83. The van der Waals surface area contributed by atoms with Crippen molar-refractivity contribution in [1.29, 1.82) is 0 Å². The number of esters is 3. The van der Waals surface area contributed by atoms with Crippen LogP contribution < -0.4 is 11.1 Å². The van der Waals surface area contributed by atoms with Gasteiger partial charge in [-0.05, 0) is 76.0 Å². The topological polar surface area (TPSA) is 341 Å². The number of unbranched alkanes of at least 4 members (excludes halogenated alkanes) is 2. The Kier molecular flexibility index (Phi) is 30.4. The van der Waals surface area contributed by atoms with Crippen molar-refractivity contribution in [3.05, 3.63) is 48.6 Å². The lowest BCUT2D eigenvalue weighted by Gasteiger charge is -2.46. The van der Waals surface area contributed by atoms with Crippen LogP contribution in [0.4, 0.5) is 0 Å². The van der Waals surface area contributed by atoms with E-state index in [4.69, 9.17) is 24.7 Å². The molecule has 0 spiro atoms. The summed E-state index contributed by atoms with van der Waals surface area (Å²) in [7, 11) is 1.64. The lowest BCUT2D eigenvalue weighted by Crippen LogP contribution is -2.61. The number of carbonyl (C=O) groups excluding carboxylic acids is 3. The molecule has 4 heterocycles. The monoisotopic (exact) mass is 1120 g/mol. The molecule has 0 saturated carbocycles. The first-order valence-corrected chi connectivity index (χ1v) is 28.9. The molecule has 4 bridgehead atoms. The minimum Gasteiger partial charge on any atom is -0.462 e. The second kappa shape index (κ2) is 34.6. The van der Waals surface area contributed by atoms with Gasteiger partial charge in [0.1, 0.15) is 18.6 Å². The maximum absolute atomic E-state index is 13.8. The molecule has 0 aromatic rings. The summed E-state index contributed by atoms with van der Waals surface area (Å²) in [4.78, 5) is 43.7. The Hall–Kier alpha value is -3.80. The number of carbonyl (C=O) groups is 3. The number of guanidine groups is 1. The highest BCUT2D eigenvalue weighted by Gasteiger charge is 2.53. The van der Waals surface area contributed by atoms with Crippen LogP contribution in [0.1, 0.15) is 152 Å². The van der Waals surface area contributed by atoms with Gasteiger partial charge in [0, 0.05) is 69.4 Å². The number of hydrogen-bond acceptors (Lipinski definition) is 18. The van der Waals surface area contributed by atoms with Crippen molar-refractivity contribution in [2.45, 2.75) is 237 Å². The van der Waals surface area contributed by atoms with E-state index < -0.39 is 145 Å². The van der Waals surface area contributed by atoms with E-state index in [9.17, 15) is 65.4 Å². The zero-order chi connectivity index (χ0) is 59.1. The first kappa shape index (κ1) is 69.5. The highest BCUT2D eigenvalue weighted by molar-refractivity contribution is 5.91. The molecule has 0 aliphatic carbocycles. The molecule has 0 amide bonds. The Balaban J connectivity index is 1.88. The molecule has 4 rings (SSSR count). The second-order valence-corrected chi connectivity index (χ2v) is 23.4. The number of rotatable bonds is 11. The zero-order valence-electron chi connectivity index (χ0n) is 48.4. The summed E-state index contributed by atoms with van der Waals surface area (Å²) in [6, 6.07) is 0. The molecule has 454 valence electrons. The fraction of sp³-hybridized carbons (Fsp3) is 0.797. The number of nitrogens with zero attached hydrogens (tertiary/aromatic N) is 1. The predicted molar refractivity (Wildman–Crippen MR) is 298 cm³/mol. The average Bonchev–Trinajstić information content (AvgIpc) is 3.42. The third kappa shape index (κ3) is 23.9. The van der Waals surface area contributed by atoms with E-state index in [-0.39, 0.29) is 56.8 Å². The van der Waals surface area contributed by atoms with Gasteiger partial charge in [-0.3, -0.25) is 19.4 Å². The molecule has 0 aromatic heterocycles. The summed E-state index contributed by atoms with van der Waals surface area (Å²) >= 11 is 0. The molecule has 20 heteroatoms. The van der Waals surface area contributed by atoms with Crippen LogP contribution in [0.25, 0.3) is 0 Å². The summed E-state index contributed by atoms with van der Waals surface area (Å²) in [5.74, 6) is -8.61. The van der Waals surface area contributed by atoms with E-state index in [2.05, 4.69) is 29.4 Å². The van der Waals surface area contributed by atoms with E-state index in [1.807, 2.05) is 19.9 Å². The smallest absolute Gasteiger partial charge is 0.317 e. The van der Waals surface area contributed by atoms with Crippen molar-refractivity contribution in [3.8, 4) is 0 Å². The maximum atomic E-state index is 13.8. The fourth-order valence-corrected chi connectivity index (χ4v) is 10.7. The fourth-order valence-electron chi connectivity index (χ4n) is 10.7. The molecule has 0 aromatic carbocycles. The van der Waals surface area contributed by atoms with Gasteiger partial charge in [-0.15, -0.1) is 0 Å². The molecule has 0 radical (unpaired) electrons. The number of ether oxygens (including phenoxy) is 4. The maximum Gasteiger partial charge on any atom is 0.317 e. The molecule has 22 unspecified atom stereocenters. The van der Waals surface area contributed by atoms with Gasteiger partial charge in [0.05, 0.1) is 67.0 Å². The van der Waals surface area contributed by atoms with Gasteiger partial charge in [-0.25, -0.2) is 0 Å². The normalized spacial score (nSPS) is 39.1. The highest BCUT2D eigenvalue weighted by atomic mass is 16.7. The van der Waals surface area contributed by atoms with Crippen molar-refractivity contribution >= 4 is 23.9 Å². The second-order valence-electron chi connectivity index (χ2n) is 23.4. The van der Waals surface area contributed by atoms with E-state index in [1.54, 1.807) is 59.9 Å². The first-order valence-electron chi connectivity index (χ1n) is 28.9. The van der Waals surface area contributed by atoms with Crippen molar-refractivity contribution < 1.29 is 84.4 Å². The summed E-state index contributed by atoms with van der Waals surface area (Å²) in [5, 5.41) is 116. The molecule has 4 aliphatic rings. The number of hydrogen-bond donors (Lipinski definition) is 12. The SMILES string of the molecule is CN=C(N)NCCC/C=C/CCCC(C)CC(C)C1OC(=O)C(C)C(O)C=CC(C)C(O)CC(O)C(C)C(O)CCC(C)C(O)CC2(O)OC3CC(CC(O)CC(O)C(C)C(O)C=CC=CC1C)OC(=O)CC(=O)OC2C(O)C3. The van der Waals surface area contributed by atoms with Crippen LogP contribution in [0, 0.1) is 47.3 Å². The van der Waals surface area contributed by atoms with Crippen molar-refractivity contribution in [2.75, 3.05) is 13.6 Å². The quantitative estimate of drug-likeness (QED) is 0.0266. The van der Waals surface area contributed by atoms with Gasteiger partial charge >= 0.3 is 17.9 Å². The van der Waals surface area contributed by atoms with Crippen LogP contribution in [0.3, 0.4) is 0 Å². The molecule has 4 aliphatic heterocycles. The average molecular weight is 1120 g/mol. The predicted octanol–water partition coefficient (Wildman–Crippen LogP) is 3.78. The largest absolute Gasteiger partial charge is 0.462 e. The van der Waals surface area contributed by atoms with Crippen LogP contribution >= 0.6 is 0 Å². The number of aliphatic hydroxyl groups excluding tert-OH is 9. The van der Waals surface area contributed by atoms with Gasteiger partial charge in [0.25, 0.3) is 0 Å². The number of aliphatic imine (C=N–C) groups is 1. The molecule has 22 atom stereocenters. The van der Waals surface area contributed by atoms with Gasteiger partial charge < -0.3 is 81.1 Å². The molecule has 79 heavy (non-hydrogen) atoms. The van der Waals surface area contributed by atoms with Crippen LogP contribution in [-0.2, 0) is 33.3 Å². The Morgan fingerprint density at radius 2 is 1.34 bits per heavy atom. The minimum absolute atomic E-state index is 0.0931. The molecule has 13 N–H and O–H groups in total. The highest BCUT2D eigenvalue weighted by Crippen LogP contribution is 2.39. The molecule has 20 nitrogen and oxygen atoms in total. The van der Waals surface area contributed by atoms with Gasteiger partial charge in [-0.1, -0.05) is 103 Å². The zero-order valence-corrected chi connectivity index (χ0v) is 48.4. The molecule has 3 fully saturated rings. The van der Waals surface area contributed by atoms with Gasteiger partial charge in [0.15, 0.2) is 12.1 Å². The van der Waals surface area contributed by atoms with Gasteiger partial charge in [-0.2, -0.15) is 0 Å². The lowest BCUT2D eigenvalue weighted by molar-refractivity contribution is -0.335. The van der Waals surface area contributed by atoms with E-state index in [0.717, 1.165) is 45.1 Å². The standard InChI is InChI=1S/C59H101N3O17/c1-34(18-14-12-10-11-13-17-25-62-58(60)61-9)26-38(5)55-37(4)19-15-16-20-45(64)39(6)49(68)28-42(63)27-43-29-44-30-51(70)56(77-54(73)32-53(72)76-43)59(75,79-44)33-52(71)36(3)22-23-46(65)40(7)50(69)31-48(67)35(2)21-24-47(66)41(8)57(74)78-55/h10-11,15-16,19-21,24,34-52,55-56,63-71,75H,12-14,17-18,22-23,25-33H2,1-9H3,(H3,60,61,62)/b11-10+,19-15?,20-16?,24-21?. The number of aliphatic hydroxyl groups is 10. The minimum atomic E-state index is -2.44. The molecular weight excluding hydrogens is 1020 g/mol. The van der Waals surface area contributed by atoms with E-state index >= 15 is 0 Å². The number of nitrogens with two attached hydrogens (primary N) is 1. The molecule has 3 saturated heterocycles. The number of nitrogens with one attached hydrogen (secondary N) is 1. The summed E-state index contributed by atoms with van der Waals surface area (Å²) in [6.45, 7) is 15.0. The summed E-state index contributed by atoms with van der Waals surface area (Å²) in [6.07, 6.45) is 1.73. The number of allylic oxidation sites excluding steroid dienone is 4. The van der Waals surface area contributed by atoms with Crippen LogP contribution in [0.5, 0.6) is 0 Å². The Morgan fingerprint density at radius 1 is 0.696 bits per heavy atom. The van der Waals surface area contributed by atoms with Crippen LogP contribution in [0.15, 0.2) is 53.6 Å². The summed E-state index contributed by atoms with van der Waals surface area (Å²) < 4.78 is 23.3. The van der Waals surface area contributed by atoms with Crippen molar-refractivity contribution in [1.82, 2.24) is 5.32 Å². The third-order valence-electron chi connectivity index (χ3n) is 16.4. The molecular formula is C59H101N3O17. The van der Waals surface area contributed by atoms with E-state index in [0.29, 0.717) is 11.9 Å². The summed E-state index contributed by atoms with van der Waals surface area (Å²) in [5.41, 5.74) is 5.69. The van der Waals surface area contributed by atoms with Crippen LogP contribution in [0.2, 0.25) is 0 Å². The van der Waals surface area contributed by atoms with Crippen molar-refractivity contribution in [3.63, 3.8) is 0 Å². The Bertz CT molecular complexity index is 1970. The Labute approximate surface area is 469 Å². The Morgan fingerprint density at radius 3 is 2.03 bits per heavy atom. The van der Waals surface area contributed by atoms with Crippen LogP contribution in [-0.4, -0.2) is 174 Å². The number of fused-ring (bicyclic) bond motifs is 5. The third-order valence-corrected chi connectivity index (χ3v) is 16.4. The van der Waals surface area contributed by atoms with Gasteiger partial charge in [0.2, 0.25) is 5.79 Å².